The van der Waals surface area contributed by atoms with Crippen molar-refractivity contribution in [2.24, 2.45) is 5.92 Å². The van der Waals surface area contributed by atoms with Gasteiger partial charge < -0.3 is 10.1 Å². The molecule has 1 fully saturated rings. The molecule has 0 saturated carbocycles. The highest BCUT2D eigenvalue weighted by atomic mass is 127. The third kappa shape index (κ3) is 3.08. The highest BCUT2D eigenvalue weighted by molar-refractivity contribution is 14.1. The SMILES string of the molecule is CC(I)C(=O)OC(C)(C)C1CC[NH2+]C1. The number of quaternary nitrogens is 1. The number of halogens is 1. The number of esters is 1. The van der Waals surface area contributed by atoms with Crippen molar-refractivity contribution in [1.29, 1.82) is 0 Å². The van der Waals surface area contributed by atoms with Crippen molar-refractivity contribution in [3.63, 3.8) is 0 Å². The average molecular weight is 312 g/mol. The van der Waals surface area contributed by atoms with E-state index in [4.69, 9.17) is 4.74 Å². The van der Waals surface area contributed by atoms with Crippen molar-refractivity contribution in [2.45, 2.75) is 36.7 Å². The molecular weight excluding hydrogens is 293 g/mol. The fraction of sp³-hybridized carbons (Fsp3) is 0.900. The second-order valence-corrected chi connectivity index (χ2v) is 6.31. The Morgan fingerprint density at radius 3 is 2.71 bits per heavy atom. The fourth-order valence-corrected chi connectivity index (χ4v) is 1.94. The van der Waals surface area contributed by atoms with Gasteiger partial charge in [-0.1, -0.05) is 22.6 Å². The van der Waals surface area contributed by atoms with Crippen LogP contribution in [-0.4, -0.2) is 28.6 Å². The first-order valence-electron chi connectivity index (χ1n) is 5.12. The lowest BCUT2D eigenvalue weighted by atomic mass is 9.90. The highest BCUT2D eigenvalue weighted by Gasteiger charge is 2.37. The Balaban J connectivity index is 2.51. The summed E-state index contributed by atoms with van der Waals surface area (Å²) < 4.78 is 5.46. The van der Waals surface area contributed by atoms with E-state index in [9.17, 15) is 4.79 Å². The van der Waals surface area contributed by atoms with Gasteiger partial charge in [-0.3, -0.25) is 4.79 Å². The summed E-state index contributed by atoms with van der Waals surface area (Å²) in [5.41, 5.74) is -0.302. The maximum absolute atomic E-state index is 11.5. The maximum atomic E-state index is 11.5. The van der Waals surface area contributed by atoms with E-state index in [1.165, 1.54) is 0 Å². The van der Waals surface area contributed by atoms with Gasteiger partial charge in [0.2, 0.25) is 0 Å². The average Bonchev–Trinajstić information content (AvgIpc) is 2.54. The number of nitrogens with two attached hydrogens (primary N) is 1. The van der Waals surface area contributed by atoms with Crippen molar-refractivity contribution in [3.8, 4) is 0 Å². The minimum Gasteiger partial charge on any atom is -0.458 e. The molecule has 2 atom stereocenters. The van der Waals surface area contributed by atoms with Crippen molar-refractivity contribution in [1.82, 2.24) is 0 Å². The van der Waals surface area contributed by atoms with Gasteiger partial charge in [-0.15, -0.1) is 0 Å². The molecule has 2 N–H and O–H groups in total. The minimum absolute atomic E-state index is 0.0581. The van der Waals surface area contributed by atoms with Crippen molar-refractivity contribution in [2.75, 3.05) is 13.1 Å². The summed E-state index contributed by atoms with van der Waals surface area (Å²) in [4.78, 5) is 11.5. The Morgan fingerprint density at radius 1 is 1.64 bits per heavy atom. The molecule has 0 aromatic carbocycles. The quantitative estimate of drug-likeness (QED) is 0.474. The monoisotopic (exact) mass is 312 g/mol. The molecule has 0 aromatic rings. The minimum atomic E-state index is -0.302. The van der Waals surface area contributed by atoms with Crippen molar-refractivity contribution in [3.05, 3.63) is 0 Å². The summed E-state index contributed by atoms with van der Waals surface area (Å²) in [6, 6.07) is 0. The van der Waals surface area contributed by atoms with Crippen LogP contribution in [0.5, 0.6) is 0 Å². The zero-order chi connectivity index (χ0) is 10.8. The zero-order valence-corrected chi connectivity index (χ0v) is 11.2. The Hall–Kier alpha value is 0.160. The number of carbonyl (C=O) groups is 1. The first-order chi connectivity index (χ1) is 6.43. The van der Waals surface area contributed by atoms with Gasteiger partial charge in [-0.25, -0.2) is 0 Å². The van der Waals surface area contributed by atoms with E-state index in [2.05, 4.69) is 27.9 Å². The second-order valence-electron chi connectivity index (χ2n) is 4.44. The topological polar surface area (TPSA) is 42.9 Å². The Bertz CT molecular complexity index is 210. The Labute approximate surface area is 99.1 Å². The number of hydrogen-bond acceptors (Lipinski definition) is 2. The second kappa shape index (κ2) is 4.79. The first-order valence-corrected chi connectivity index (χ1v) is 6.36. The predicted octanol–water partition coefficient (Wildman–Crippen LogP) is 0.715. The van der Waals surface area contributed by atoms with E-state index < -0.39 is 0 Å². The van der Waals surface area contributed by atoms with Gasteiger partial charge in [0, 0.05) is 6.42 Å². The van der Waals surface area contributed by atoms with Gasteiger partial charge in [0.05, 0.1) is 19.0 Å². The molecule has 0 radical (unpaired) electrons. The predicted molar refractivity (Wildman–Crippen MR) is 63.4 cm³/mol. The normalized spacial score (nSPS) is 24.7. The Morgan fingerprint density at radius 2 is 2.29 bits per heavy atom. The number of rotatable bonds is 3. The fourth-order valence-electron chi connectivity index (χ4n) is 1.81. The lowest BCUT2D eigenvalue weighted by molar-refractivity contribution is -0.639. The van der Waals surface area contributed by atoms with E-state index in [1.54, 1.807) is 0 Å². The summed E-state index contributed by atoms with van der Waals surface area (Å²) in [7, 11) is 0. The Kier molecular flexibility index (Phi) is 4.18. The van der Waals surface area contributed by atoms with Crippen molar-refractivity contribution < 1.29 is 14.8 Å². The summed E-state index contributed by atoms with van der Waals surface area (Å²) >= 11 is 2.09. The molecule has 0 amide bonds. The molecule has 2 unspecified atom stereocenters. The molecule has 0 aliphatic carbocycles. The zero-order valence-electron chi connectivity index (χ0n) is 9.05. The van der Waals surface area contributed by atoms with Crippen LogP contribution in [0.15, 0.2) is 0 Å². The molecule has 0 spiro atoms. The van der Waals surface area contributed by atoms with Crippen LogP contribution in [0.4, 0.5) is 0 Å². The van der Waals surface area contributed by atoms with Crippen LogP contribution in [0.3, 0.4) is 0 Å². The van der Waals surface area contributed by atoms with Gasteiger partial charge in [-0.2, -0.15) is 0 Å². The van der Waals surface area contributed by atoms with Gasteiger partial charge in [0.1, 0.15) is 9.53 Å². The third-order valence-electron chi connectivity index (χ3n) is 2.84. The smallest absolute Gasteiger partial charge is 0.319 e. The maximum Gasteiger partial charge on any atom is 0.319 e. The molecule has 1 saturated heterocycles. The molecule has 1 rings (SSSR count). The third-order valence-corrected chi connectivity index (χ3v) is 3.35. The number of ether oxygens (including phenoxy) is 1. The summed E-state index contributed by atoms with van der Waals surface area (Å²) in [5, 5.41) is 2.29. The summed E-state index contributed by atoms with van der Waals surface area (Å²) in [5.74, 6) is 0.407. The van der Waals surface area contributed by atoms with Crippen LogP contribution in [0.1, 0.15) is 27.2 Å². The van der Waals surface area contributed by atoms with Gasteiger partial charge in [0.15, 0.2) is 0 Å². The van der Waals surface area contributed by atoms with Crippen LogP contribution in [0.25, 0.3) is 0 Å². The van der Waals surface area contributed by atoms with Crippen LogP contribution in [-0.2, 0) is 9.53 Å². The van der Waals surface area contributed by atoms with E-state index in [-0.39, 0.29) is 15.5 Å². The molecule has 3 nitrogen and oxygen atoms in total. The largest absolute Gasteiger partial charge is 0.458 e. The molecule has 14 heavy (non-hydrogen) atoms. The number of alkyl halides is 1. The molecule has 0 bridgehead atoms. The lowest BCUT2D eigenvalue weighted by Gasteiger charge is -2.30. The summed E-state index contributed by atoms with van der Waals surface area (Å²) in [6.45, 7) is 8.14. The van der Waals surface area contributed by atoms with E-state index in [1.807, 2.05) is 20.8 Å². The van der Waals surface area contributed by atoms with E-state index in [0.717, 1.165) is 19.5 Å². The number of hydrogen-bond donors (Lipinski definition) is 1. The van der Waals surface area contributed by atoms with Crippen molar-refractivity contribution >= 4 is 28.6 Å². The number of carbonyl (C=O) groups excluding carboxylic acids is 1. The standard InChI is InChI=1S/C10H18INO2/c1-7(11)9(13)14-10(2,3)8-4-5-12-6-8/h7-8,12H,4-6H2,1-3H3/p+1. The molecule has 0 aromatic heterocycles. The van der Waals surface area contributed by atoms with Gasteiger partial charge >= 0.3 is 5.97 Å². The molecule has 4 heteroatoms. The molecule has 1 aliphatic heterocycles. The van der Waals surface area contributed by atoms with Crippen LogP contribution in [0, 0.1) is 5.92 Å². The van der Waals surface area contributed by atoms with E-state index >= 15 is 0 Å². The van der Waals surface area contributed by atoms with Crippen LogP contribution >= 0.6 is 22.6 Å². The lowest BCUT2D eigenvalue weighted by Crippen LogP contribution is -2.81. The summed E-state index contributed by atoms with van der Waals surface area (Å²) in [6.07, 6.45) is 1.15. The molecule has 1 heterocycles. The van der Waals surface area contributed by atoms with Gasteiger partial charge in [0.25, 0.3) is 0 Å². The highest BCUT2D eigenvalue weighted by Crippen LogP contribution is 2.25. The van der Waals surface area contributed by atoms with Crippen LogP contribution in [0.2, 0.25) is 0 Å². The van der Waals surface area contributed by atoms with Gasteiger partial charge in [-0.05, 0) is 20.8 Å². The van der Waals surface area contributed by atoms with E-state index in [0.29, 0.717) is 5.92 Å². The first kappa shape index (κ1) is 12.2. The molecule has 82 valence electrons. The van der Waals surface area contributed by atoms with Crippen LogP contribution < -0.4 is 5.32 Å². The molecule has 1 aliphatic rings. The molecular formula is C10H19INO2+.